The molecule has 2 rings (SSSR count). The number of carbonyl (C=O) groups is 1. The number of thiophene rings is 1. The number of aliphatic carboxylic acids is 1. The van der Waals surface area contributed by atoms with Crippen LogP contribution in [0, 0.1) is 0 Å². The fourth-order valence-corrected chi connectivity index (χ4v) is 3.26. The van der Waals surface area contributed by atoms with Crippen molar-refractivity contribution >= 4 is 17.3 Å². The van der Waals surface area contributed by atoms with E-state index in [9.17, 15) is 4.79 Å². The van der Waals surface area contributed by atoms with Crippen molar-refractivity contribution in [2.45, 2.75) is 38.0 Å². The molecule has 1 aliphatic rings. The molecular weight excluding hydrogens is 196 g/mol. The van der Waals surface area contributed by atoms with Gasteiger partial charge in [-0.1, -0.05) is 6.92 Å². The highest BCUT2D eigenvalue weighted by molar-refractivity contribution is 7.10. The molecule has 0 atom stereocenters. The minimum Gasteiger partial charge on any atom is -0.481 e. The second-order valence-electron chi connectivity index (χ2n) is 3.98. The topological polar surface area (TPSA) is 37.3 Å². The van der Waals surface area contributed by atoms with Gasteiger partial charge in [-0.3, -0.25) is 4.79 Å². The van der Waals surface area contributed by atoms with Crippen molar-refractivity contribution in [2.24, 2.45) is 0 Å². The Kier molecular flexibility index (Phi) is 2.35. The Hall–Kier alpha value is -0.830. The van der Waals surface area contributed by atoms with Crippen LogP contribution in [-0.4, -0.2) is 11.1 Å². The Labute approximate surface area is 87.6 Å². The van der Waals surface area contributed by atoms with Gasteiger partial charge in [0.05, 0.1) is 6.42 Å². The molecular formula is C11H14O2S. The van der Waals surface area contributed by atoms with Crippen LogP contribution in [0.2, 0.25) is 0 Å². The lowest BCUT2D eigenvalue weighted by atomic mass is 9.96. The standard InChI is InChI=1S/C11H14O2S/c1-2-8-3-6-14-10(8)11(4-5-11)7-9(12)13/h3,6H,2,4-5,7H2,1H3,(H,12,13). The first kappa shape index (κ1) is 9.71. The molecule has 0 unspecified atom stereocenters. The van der Waals surface area contributed by atoms with Gasteiger partial charge in [0.25, 0.3) is 0 Å². The van der Waals surface area contributed by atoms with E-state index in [1.165, 1.54) is 10.4 Å². The monoisotopic (exact) mass is 210 g/mol. The summed E-state index contributed by atoms with van der Waals surface area (Å²) in [5, 5.41) is 10.9. The van der Waals surface area contributed by atoms with Gasteiger partial charge in [0.15, 0.2) is 0 Å². The first-order chi connectivity index (χ1) is 6.68. The summed E-state index contributed by atoms with van der Waals surface area (Å²) in [5.41, 5.74) is 1.35. The fraction of sp³-hybridized carbons (Fsp3) is 0.545. The Bertz CT molecular complexity index is 350. The number of hydrogen-bond donors (Lipinski definition) is 1. The Morgan fingerprint density at radius 3 is 2.86 bits per heavy atom. The third-order valence-electron chi connectivity index (χ3n) is 2.95. The summed E-state index contributed by atoms with van der Waals surface area (Å²) in [5.74, 6) is -0.669. The van der Waals surface area contributed by atoms with Gasteiger partial charge in [-0.2, -0.15) is 0 Å². The van der Waals surface area contributed by atoms with Crippen LogP contribution in [0.15, 0.2) is 11.4 Å². The van der Waals surface area contributed by atoms with Crippen molar-refractivity contribution in [3.8, 4) is 0 Å². The molecule has 2 nitrogen and oxygen atoms in total. The number of carboxylic acid groups (broad SMARTS) is 1. The van der Waals surface area contributed by atoms with Crippen LogP contribution in [-0.2, 0) is 16.6 Å². The zero-order valence-electron chi connectivity index (χ0n) is 8.25. The molecule has 0 aromatic carbocycles. The third-order valence-corrected chi connectivity index (χ3v) is 4.16. The van der Waals surface area contributed by atoms with Gasteiger partial charge < -0.3 is 5.11 Å². The first-order valence-corrected chi connectivity index (χ1v) is 5.84. The molecule has 0 aliphatic heterocycles. The molecule has 0 saturated heterocycles. The van der Waals surface area contributed by atoms with E-state index < -0.39 is 5.97 Å². The minimum absolute atomic E-state index is 0.00530. The number of hydrogen-bond acceptors (Lipinski definition) is 2. The SMILES string of the molecule is CCc1ccsc1C1(CC(=O)O)CC1. The van der Waals surface area contributed by atoms with Crippen LogP contribution in [0.25, 0.3) is 0 Å². The van der Waals surface area contributed by atoms with Gasteiger partial charge in [0, 0.05) is 10.3 Å². The van der Waals surface area contributed by atoms with Gasteiger partial charge in [-0.05, 0) is 36.3 Å². The smallest absolute Gasteiger partial charge is 0.304 e. The van der Waals surface area contributed by atoms with Crippen LogP contribution >= 0.6 is 11.3 Å². The summed E-state index contributed by atoms with van der Waals surface area (Å²) in [6, 6.07) is 2.13. The van der Waals surface area contributed by atoms with Gasteiger partial charge in [0.2, 0.25) is 0 Å². The zero-order chi connectivity index (χ0) is 10.2. The van der Waals surface area contributed by atoms with Crippen molar-refractivity contribution in [1.82, 2.24) is 0 Å². The average molecular weight is 210 g/mol. The molecule has 1 aromatic heterocycles. The number of aryl methyl sites for hydroxylation is 1. The molecule has 1 aliphatic carbocycles. The summed E-state index contributed by atoms with van der Waals surface area (Å²) in [7, 11) is 0. The fourth-order valence-electron chi connectivity index (χ4n) is 2.00. The highest BCUT2D eigenvalue weighted by Gasteiger charge is 2.47. The molecule has 1 saturated carbocycles. The summed E-state index contributed by atoms with van der Waals surface area (Å²) in [6.45, 7) is 2.13. The highest BCUT2D eigenvalue weighted by atomic mass is 32.1. The quantitative estimate of drug-likeness (QED) is 0.829. The average Bonchev–Trinajstić information content (AvgIpc) is 2.75. The van der Waals surface area contributed by atoms with E-state index in [2.05, 4.69) is 18.4 Å². The minimum atomic E-state index is -0.669. The maximum atomic E-state index is 10.8. The number of rotatable bonds is 4. The molecule has 76 valence electrons. The second-order valence-corrected chi connectivity index (χ2v) is 4.90. The molecule has 1 aromatic rings. The predicted octanol–water partition coefficient (Wildman–Crippen LogP) is 2.82. The van der Waals surface area contributed by atoms with E-state index in [0.29, 0.717) is 6.42 Å². The molecule has 1 N–H and O–H groups in total. The van der Waals surface area contributed by atoms with Crippen molar-refractivity contribution in [2.75, 3.05) is 0 Å². The van der Waals surface area contributed by atoms with Crippen LogP contribution < -0.4 is 0 Å². The lowest BCUT2D eigenvalue weighted by Gasteiger charge is -2.12. The Morgan fingerprint density at radius 2 is 2.36 bits per heavy atom. The van der Waals surface area contributed by atoms with E-state index in [-0.39, 0.29) is 5.41 Å². The Morgan fingerprint density at radius 1 is 1.64 bits per heavy atom. The van der Waals surface area contributed by atoms with Gasteiger partial charge in [-0.15, -0.1) is 11.3 Å². The van der Waals surface area contributed by atoms with E-state index in [1.807, 2.05) is 0 Å². The normalized spacial score (nSPS) is 18.1. The van der Waals surface area contributed by atoms with Crippen molar-refractivity contribution in [3.05, 3.63) is 21.9 Å². The molecule has 0 bridgehead atoms. The van der Waals surface area contributed by atoms with E-state index >= 15 is 0 Å². The van der Waals surface area contributed by atoms with E-state index in [1.54, 1.807) is 11.3 Å². The molecule has 0 spiro atoms. The van der Waals surface area contributed by atoms with Crippen molar-refractivity contribution < 1.29 is 9.90 Å². The third kappa shape index (κ3) is 1.57. The zero-order valence-corrected chi connectivity index (χ0v) is 9.06. The summed E-state index contributed by atoms with van der Waals surface area (Å²) < 4.78 is 0. The maximum absolute atomic E-state index is 10.8. The molecule has 14 heavy (non-hydrogen) atoms. The van der Waals surface area contributed by atoms with Crippen molar-refractivity contribution in [3.63, 3.8) is 0 Å². The van der Waals surface area contributed by atoms with Crippen LogP contribution in [0.1, 0.15) is 36.6 Å². The predicted molar refractivity (Wildman–Crippen MR) is 56.9 cm³/mol. The van der Waals surface area contributed by atoms with Crippen LogP contribution in [0.5, 0.6) is 0 Å². The lowest BCUT2D eigenvalue weighted by Crippen LogP contribution is -2.12. The molecule has 0 radical (unpaired) electrons. The Balaban J connectivity index is 2.25. The van der Waals surface area contributed by atoms with Gasteiger partial charge in [0.1, 0.15) is 0 Å². The van der Waals surface area contributed by atoms with E-state index in [0.717, 1.165) is 19.3 Å². The molecule has 0 amide bonds. The van der Waals surface area contributed by atoms with Gasteiger partial charge >= 0.3 is 5.97 Å². The maximum Gasteiger partial charge on any atom is 0.304 e. The summed E-state index contributed by atoms with van der Waals surface area (Å²) in [4.78, 5) is 12.1. The molecule has 1 fully saturated rings. The summed E-state index contributed by atoms with van der Waals surface area (Å²) >= 11 is 1.72. The largest absolute Gasteiger partial charge is 0.481 e. The summed E-state index contributed by atoms with van der Waals surface area (Å²) in [6.07, 6.45) is 3.42. The second kappa shape index (κ2) is 3.39. The molecule has 3 heteroatoms. The van der Waals surface area contributed by atoms with Gasteiger partial charge in [-0.25, -0.2) is 0 Å². The highest BCUT2D eigenvalue weighted by Crippen LogP contribution is 2.53. The number of carboxylic acids is 1. The lowest BCUT2D eigenvalue weighted by molar-refractivity contribution is -0.137. The van der Waals surface area contributed by atoms with Crippen molar-refractivity contribution in [1.29, 1.82) is 0 Å². The molecule has 1 heterocycles. The van der Waals surface area contributed by atoms with E-state index in [4.69, 9.17) is 5.11 Å². The van der Waals surface area contributed by atoms with Crippen LogP contribution in [0.4, 0.5) is 0 Å². The van der Waals surface area contributed by atoms with Crippen LogP contribution in [0.3, 0.4) is 0 Å². The first-order valence-electron chi connectivity index (χ1n) is 4.96.